The summed E-state index contributed by atoms with van der Waals surface area (Å²) in [5.74, 6) is -1.17. The smallest absolute Gasteiger partial charge is 0.306 e. The van der Waals surface area contributed by atoms with Crippen molar-refractivity contribution in [3.05, 3.63) is 52.6 Å². The average molecular weight is 429 g/mol. The average Bonchev–Trinajstić information content (AvgIpc) is 3.08. The Kier molecular flexibility index (Phi) is 6.36. The molecule has 31 heavy (non-hydrogen) atoms. The van der Waals surface area contributed by atoms with E-state index in [-0.39, 0.29) is 30.2 Å². The molecule has 1 aliphatic carbocycles. The molecule has 1 saturated carbocycles. The number of carboxylic acid groups (broad SMARTS) is 1. The van der Waals surface area contributed by atoms with E-state index < -0.39 is 5.97 Å². The monoisotopic (exact) mass is 428 g/mol. The molecule has 1 aromatic carbocycles. The molecule has 7 nitrogen and oxygen atoms in total. The number of aliphatic carboxylic acids is 1. The molecule has 166 valence electrons. The first-order valence-corrected chi connectivity index (χ1v) is 10.9. The lowest BCUT2D eigenvalue weighted by atomic mass is 9.86. The second-order valence-electron chi connectivity index (χ2n) is 8.63. The number of aromatic nitrogens is 2. The maximum Gasteiger partial charge on any atom is 0.306 e. The number of carboxylic acids is 1. The molecule has 1 aliphatic heterocycles. The highest BCUT2D eigenvalue weighted by Crippen LogP contribution is 2.25. The second kappa shape index (κ2) is 9.18. The Labute approximate surface area is 181 Å². The minimum absolute atomic E-state index is 0.0539. The molecular weight excluding hydrogens is 399 g/mol. The van der Waals surface area contributed by atoms with Gasteiger partial charge in [-0.3, -0.25) is 14.3 Å². The molecular formula is C23H29FN4O3. The number of hydrogen-bond donors (Lipinski definition) is 2. The molecule has 0 unspecified atom stereocenters. The van der Waals surface area contributed by atoms with E-state index >= 15 is 0 Å². The fourth-order valence-corrected chi connectivity index (χ4v) is 4.67. The van der Waals surface area contributed by atoms with Gasteiger partial charge in [-0.15, -0.1) is 0 Å². The zero-order chi connectivity index (χ0) is 22.0. The van der Waals surface area contributed by atoms with Gasteiger partial charge in [-0.1, -0.05) is 12.1 Å². The zero-order valence-electron chi connectivity index (χ0n) is 17.8. The molecule has 8 heteroatoms. The Balaban J connectivity index is 1.35. The van der Waals surface area contributed by atoms with Crippen molar-refractivity contribution < 1.29 is 19.1 Å². The van der Waals surface area contributed by atoms with E-state index in [1.807, 2.05) is 16.5 Å². The Morgan fingerprint density at radius 1 is 1.19 bits per heavy atom. The number of carbonyl (C=O) groups excluding carboxylic acids is 1. The number of carbonyl (C=O) groups is 2. The third kappa shape index (κ3) is 4.95. The lowest BCUT2D eigenvalue weighted by Gasteiger charge is -2.30. The summed E-state index contributed by atoms with van der Waals surface area (Å²) in [6, 6.07) is 6.61. The molecule has 0 spiro atoms. The Morgan fingerprint density at radius 3 is 2.58 bits per heavy atom. The van der Waals surface area contributed by atoms with Crippen LogP contribution in [-0.4, -0.2) is 50.8 Å². The number of amides is 1. The van der Waals surface area contributed by atoms with E-state index in [1.165, 1.54) is 17.7 Å². The lowest BCUT2D eigenvalue weighted by molar-refractivity contribution is -0.143. The maximum atomic E-state index is 13.2. The second-order valence-corrected chi connectivity index (χ2v) is 8.63. The van der Waals surface area contributed by atoms with Crippen LogP contribution in [0.3, 0.4) is 0 Å². The predicted octanol–water partition coefficient (Wildman–Crippen LogP) is 2.50. The van der Waals surface area contributed by atoms with Crippen LogP contribution in [0, 0.1) is 18.7 Å². The summed E-state index contributed by atoms with van der Waals surface area (Å²) in [7, 11) is 0. The van der Waals surface area contributed by atoms with Gasteiger partial charge in [0.05, 0.1) is 36.9 Å². The molecule has 0 atom stereocenters. The van der Waals surface area contributed by atoms with E-state index in [0.717, 1.165) is 36.2 Å². The van der Waals surface area contributed by atoms with Gasteiger partial charge in [0.25, 0.3) is 0 Å². The number of aryl methyl sites for hydroxylation is 1. The van der Waals surface area contributed by atoms with Crippen molar-refractivity contribution in [3.63, 3.8) is 0 Å². The Hall–Kier alpha value is -2.74. The SMILES string of the molecule is Cc1nn(Cc2ccc(F)cc2)c2c1CCN(C(=O)CNC1CCC(C(=O)O)CC1)C2. The van der Waals surface area contributed by atoms with E-state index in [1.54, 1.807) is 12.1 Å². The first kappa shape index (κ1) is 21.5. The number of rotatable bonds is 6. The van der Waals surface area contributed by atoms with Crippen molar-refractivity contribution in [1.82, 2.24) is 20.0 Å². The van der Waals surface area contributed by atoms with Crippen molar-refractivity contribution in [3.8, 4) is 0 Å². The molecule has 0 saturated heterocycles. The Morgan fingerprint density at radius 2 is 1.90 bits per heavy atom. The van der Waals surface area contributed by atoms with Crippen LogP contribution in [0.15, 0.2) is 24.3 Å². The van der Waals surface area contributed by atoms with Gasteiger partial charge in [0.1, 0.15) is 5.82 Å². The first-order chi connectivity index (χ1) is 14.9. The minimum atomic E-state index is -0.716. The van der Waals surface area contributed by atoms with Crippen LogP contribution in [0.1, 0.15) is 48.2 Å². The number of nitrogens with zero attached hydrogens (tertiary/aromatic N) is 3. The summed E-state index contributed by atoms with van der Waals surface area (Å²) in [5.41, 5.74) is 4.20. The van der Waals surface area contributed by atoms with Gasteiger partial charge in [0.2, 0.25) is 5.91 Å². The van der Waals surface area contributed by atoms with E-state index in [9.17, 15) is 14.0 Å². The zero-order valence-corrected chi connectivity index (χ0v) is 17.8. The third-order valence-corrected chi connectivity index (χ3v) is 6.56. The molecule has 2 heterocycles. The molecule has 2 aromatic rings. The summed E-state index contributed by atoms with van der Waals surface area (Å²) < 4.78 is 15.1. The largest absolute Gasteiger partial charge is 0.481 e. The van der Waals surface area contributed by atoms with Crippen molar-refractivity contribution >= 4 is 11.9 Å². The van der Waals surface area contributed by atoms with Gasteiger partial charge < -0.3 is 15.3 Å². The highest BCUT2D eigenvalue weighted by atomic mass is 19.1. The highest BCUT2D eigenvalue weighted by molar-refractivity contribution is 5.78. The Bertz CT molecular complexity index is 948. The topological polar surface area (TPSA) is 87.5 Å². The first-order valence-electron chi connectivity index (χ1n) is 10.9. The van der Waals surface area contributed by atoms with Gasteiger partial charge in [0.15, 0.2) is 0 Å². The summed E-state index contributed by atoms with van der Waals surface area (Å²) in [5, 5.41) is 17.1. The normalized spacial score (nSPS) is 21.0. The molecule has 1 fully saturated rings. The van der Waals surface area contributed by atoms with Gasteiger partial charge in [-0.05, 0) is 62.3 Å². The molecule has 1 amide bonds. The fraction of sp³-hybridized carbons (Fsp3) is 0.522. The van der Waals surface area contributed by atoms with Gasteiger partial charge in [-0.25, -0.2) is 4.39 Å². The van der Waals surface area contributed by atoms with Crippen molar-refractivity contribution in [2.24, 2.45) is 5.92 Å². The number of halogens is 1. The lowest BCUT2D eigenvalue weighted by Crippen LogP contribution is -2.45. The van der Waals surface area contributed by atoms with Gasteiger partial charge in [-0.2, -0.15) is 5.10 Å². The van der Waals surface area contributed by atoms with E-state index in [4.69, 9.17) is 5.11 Å². The summed E-state index contributed by atoms with van der Waals surface area (Å²) >= 11 is 0. The molecule has 1 aromatic heterocycles. The molecule has 2 N–H and O–H groups in total. The number of hydrogen-bond acceptors (Lipinski definition) is 4. The van der Waals surface area contributed by atoms with Crippen LogP contribution in [0.2, 0.25) is 0 Å². The van der Waals surface area contributed by atoms with E-state index in [2.05, 4.69) is 10.4 Å². The van der Waals surface area contributed by atoms with Gasteiger partial charge >= 0.3 is 5.97 Å². The maximum absolute atomic E-state index is 13.2. The van der Waals surface area contributed by atoms with Crippen molar-refractivity contribution in [2.45, 2.75) is 58.2 Å². The quantitative estimate of drug-likeness (QED) is 0.738. The van der Waals surface area contributed by atoms with Crippen LogP contribution in [0.25, 0.3) is 0 Å². The van der Waals surface area contributed by atoms with Crippen LogP contribution in [0.4, 0.5) is 4.39 Å². The number of fused-ring (bicyclic) bond motifs is 1. The van der Waals surface area contributed by atoms with Crippen LogP contribution in [-0.2, 0) is 29.1 Å². The fourth-order valence-electron chi connectivity index (χ4n) is 4.67. The van der Waals surface area contributed by atoms with Crippen LogP contribution >= 0.6 is 0 Å². The van der Waals surface area contributed by atoms with Crippen molar-refractivity contribution in [2.75, 3.05) is 13.1 Å². The van der Waals surface area contributed by atoms with Gasteiger partial charge in [0, 0.05) is 12.6 Å². The molecule has 4 rings (SSSR count). The molecule has 2 aliphatic rings. The number of nitrogens with one attached hydrogen (secondary N) is 1. The van der Waals surface area contributed by atoms with Crippen molar-refractivity contribution in [1.29, 1.82) is 0 Å². The molecule has 0 bridgehead atoms. The summed E-state index contributed by atoms with van der Waals surface area (Å²) in [6.07, 6.45) is 3.68. The molecule has 0 radical (unpaired) electrons. The number of benzene rings is 1. The van der Waals surface area contributed by atoms with Crippen LogP contribution in [0.5, 0.6) is 0 Å². The highest BCUT2D eigenvalue weighted by Gasteiger charge is 2.28. The summed E-state index contributed by atoms with van der Waals surface area (Å²) in [4.78, 5) is 25.8. The minimum Gasteiger partial charge on any atom is -0.481 e. The summed E-state index contributed by atoms with van der Waals surface area (Å²) in [6.45, 7) is 3.99. The standard InChI is InChI=1S/C23H29FN4O3/c1-15-20-10-11-27(22(29)12-25-19-8-4-17(5-9-19)23(30)31)14-21(20)28(26-15)13-16-2-6-18(24)7-3-16/h2-3,6-7,17,19,25H,4-5,8-14H2,1H3,(H,30,31). The van der Waals surface area contributed by atoms with Crippen LogP contribution < -0.4 is 5.32 Å². The predicted molar refractivity (Wildman–Crippen MR) is 113 cm³/mol. The van der Waals surface area contributed by atoms with E-state index in [0.29, 0.717) is 32.5 Å². The third-order valence-electron chi connectivity index (χ3n) is 6.56.